The molecule has 0 heterocycles. The summed E-state index contributed by atoms with van der Waals surface area (Å²) in [6.07, 6.45) is -1.25. The molecule has 1 unspecified atom stereocenters. The van der Waals surface area contributed by atoms with Crippen molar-refractivity contribution in [1.29, 1.82) is 0 Å². The second-order valence-electron chi connectivity index (χ2n) is 2.84. The van der Waals surface area contributed by atoms with Crippen LogP contribution in [0.2, 0.25) is 10.0 Å². The molecule has 0 saturated heterocycles. The van der Waals surface area contributed by atoms with Crippen LogP contribution in [0.3, 0.4) is 0 Å². The Kier molecular flexibility index (Phi) is 4.35. The molecule has 1 aromatic carbocycles. The molecule has 6 heteroatoms. The highest BCUT2D eigenvalue weighted by molar-refractivity contribution is 6.44. The van der Waals surface area contributed by atoms with Crippen LogP contribution in [0, 0.1) is 0 Å². The van der Waals surface area contributed by atoms with Crippen LogP contribution < -0.4 is 11.1 Å². The van der Waals surface area contributed by atoms with Crippen molar-refractivity contribution in [3.8, 4) is 0 Å². The van der Waals surface area contributed by atoms with Crippen LogP contribution in [-0.2, 0) is 4.79 Å². The monoisotopic (exact) mass is 248 g/mol. The van der Waals surface area contributed by atoms with Crippen molar-refractivity contribution in [3.63, 3.8) is 0 Å². The van der Waals surface area contributed by atoms with E-state index >= 15 is 0 Å². The van der Waals surface area contributed by atoms with E-state index in [-0.39, 0.29) is 11.6 Å². The number of aliphatic hydroxyl groups is 1. The third-order valence-electron chi connectivity index (χ3n) is 1.74. The van der Waals surface area contributed by atoms with Gasteiger partial charge in [-0.2, -0.15) is 0 Å². The van der Waals surface area contributed by atoms with Gasteiger partial charge >= 0.3 is 0 Å². The highest BCUT2D eigenvalue weighted by Gasteiger charge is 2.14. The summed E-state index contributed by atoms with van der Waals surface area (Å²) in [6.45, 7) is -0.149. The molecule has 4 nitrogen and oxygen atoms in total. The van der Waals surface area contributed by atoms with Crippen molar-refractivity contribution >= 4 is 34.8 Å². The predicted octanol–water partition coefficient (Wildman–Crippen LogP) is 1.25. The Hall–Kier alpha value is -0.810. The number of amides is 1. The number of benzene rings is 1. The number of aliphatic hydroxyl groups excluding tert-OH is 1. The zero-order valence-electron chi connectivity index (χ0n) is 7.71. The van der Waals surface area contributed by atoms with E-state index in [1.807, 2.05) is 0 Å². The maximum absolute atomic E-state index is 11.3. The van der Waals surface area contributed by atoms with Crippen LogP contribution in [0.4, 0.5) is 5.69 Å². The summed E-state index contributed by atoms with van der Waals surface area (Å²) in [5.74, 6) is -0.610. The minimum atomic E-state index is -1.25. The molecule has 0 aromatic heterocycles. The molecule has 1 amide bonds. The maximum atomic E-state index is 11.3. The van der Waals surface area contributed by atoms with Gasteiger partial charge in [0.25, 0.3) is 5.91 Å². The number of halogens is 2. The normalized spacial score (nSPS) is 12.3. The predicted molar refractivity (Wildman–Crippen MR) is 60.2 cm³/mol. The Morgan fingerprint density at radius 3 is 2.80 bits per heavy atom. The Balaban J connectivity index is 2.81. The van der Waals surface area contributed by atoms with Crippen molar-refractivity contribution in [2.75, 3.05) is 11.9 Å². The summed E-state index contributed by atoms with van der Waals surface area (Å²) in [7, 11) is 0. The molecule has 1 aromatic rings. The molecular formula is C9H10Cl2N2O2. The van der Waals surface area contributed by atoms with Gasteiger partial charge in [-0.25, -0.2) is 0 Å². The minimum absolute atomic E-state index is 0.149. The minimum Gasteiger partial charge on any atom is -0.382 e. The first kappa shape index (κ1) is 12.3. The molecule has 0 spiro atoms. The molecule has 1 rings (SSSR count). The number of nitrogens with two attached hydrogens (primary N) is 1. The highest BCUT2D eigenvalue weighted by Crippen LogP contribution is 2.29. The van der Waals surface area contributed by atoms with Gasteiger partial charge in [0.05, 0.1) is 15.7 Å². The lowest BCUT2D eigenvalue weighted by molar-refractivity contribution is -0.123. The molecular weight excluding hydrogens is 239 g/mol. The van der Waals surface area contributed by atoms with Crippen molar-refractivity contribution in [3.05, 3.63) is 28.2 Å². The Bertz CT molecular complexity index is 371. The number of hydrogen-bond donors (Lipinski definition) is 3. The van der Waals surface area contributed by atoms with Crippen LogP contribution in [0.15, 0.2) is 18.2 Å². The van der Waals surface area contributed by atoms with E-state index in [9.17, 15) is 4.79 Å². The van der Waals surface area contributed by atoms with Crippen molar-refractivity contribution < 1.29 is 9.90 Å². The first-order chi connectivity index (χ1) is 7.06. The Morgan fingerprint density at radius 1 is 1.53 bits per heavy atom. The summed E-state index contributed by atoms with van der Waals surface area (Å²) in [5, 5.41) is 12.1. The summed E-state index contributed by atoms with van der Waals surface area (Å²) in [5.41, 5.74) is 5.47. The first-order valence-electron chi connectivity index (χ1n) is 4.19. The van der Waals surface area contributed by atoms with Crippen LogP contribution >= 0.6 is 23.2 Å². The van der Waals surface area contributed by atoms with E-state index in [1.54, 1.807) is 18.2 Å². The summed E-state index contributed by atoms with van der Waals surface area (Å²) < 4.78 is 0. The smallest absolute Gasteiger partial charge is 0.254 e. The van der Waals surface area contributed by atoms with Gasteiger partial charge in [0, 0.05) is 6.54 Å². The number of hydrogen-bond acceptors (Lipinski definition) is 3. The van der Waals surface area contributed by atoms with Gasteiger partial charge in [-0.15, -0.1) is 0 Å². The van der Waals surface area contributed by atoms with E-state index in [0.29, 0.717) is 10.7 Å². The van der Waals surface area contributed by atoms with E-state index in [0.717, 1.165) is 0 Å². The van der Waals surface area contributed by atoms with E-state index in [4.69, 9.17) is 34.0 Å². The fourth-order valence-corrected chi connectivity index (χ4v) is 1.27. The highest BCUT2D eigenvalue weighted by atomic mass is 35.5. The summed E-state index contributed by atoms with van der Waals surface area (Å²) >= 11 is 11.6. The fraction of sp³-hybridized carbons (Fsp3) is 0.222. The SMILES string of the molecule is NCC(O)C(=O)Nc1cccc(Cl)c1Cl. The van der Waals surface area contributed by atoms with E-state index < -0.39 is 12.0 Å². The van der Waals surface area contributed by atoms with Crippen molar-refractivity contribution in [2.24, 2.45) is 5.73 Å². The van der Waals surface area contributed by atoms with Gasteiger partial charge in [-0.3, -0.25) is 4.79 Å². The maximum Gasteiger partial charge on any atom is 0.254 e. The van der Waals surface area contributed by atoms with Crippen molar-refractivity contribution in [2.45, 2.75) is 6.10 Å². The van der Waals surface area contributed by atoms with E-state index in [2.05, 4.69) is 5.32 Å². The summed E-state index contributed by atoms with van der Waals surface area (Å²) in [4.78, 5) is 11.3. The topological polar surface area (TPSA) is 75.3 Å². The quantitative estimate of drug-likeness (QED) is 0.754. The zero-order chi connectivity index (χ0) is 11.4. The number of rotatable bonds is 3. The second kappa shape index (κ2) is 5.32. The van der Waals surface area contributed by atoms with Crippen LogP contribution in [0.1, 0.15) is 0 Å². The number of carbonyl (C=O) groups excluding carboxylic acids is 1. The molecule has 82 valence electrons. The number of nitrogens with one attached hydrogen (secondary N) is 1. The fourth-order valence-electron chi connectivity index (χ4n) is 0.923. The molecule has 4 N–H and O–H groups in total. The zero-order valence-corrected chi connectivity index (χ0v) is 9.22. The number of anilines is 1. The molecule has 15 heavy (non-hydrogen) atoms. The largest absolute Gasteiger partial charge is 0.382 e. The molecule has 0 aliphatic carbocycles. The molecule has 0 bridgehead atoms. The van der Waals surface area contributed by atoms with Crippen LogP contribution in [0.5, 0.6) is 0 Å². The average molecular weight is 249 g/mol. The summed E-state index contributed by atoms with van der Waals surface area (Å²) in [6, 6.07) is 4.81. The van der Waals surface area contributed by atoms with E-state index in [1.165, 1.54) is 0 Å². The average Bonchev–Trinajstić information content (AvgIpc) is 2.23. The molecule has 0 radical (unpaired) electrons. The standard InChI is InChI=1S/C9H10Cl2N2O2/c10-5-2-1-3-6(8(5)11)13-9(15)7(14)4-12/h1-3,7,14H,4,12H2,(H,13,15). The molecule has 0 fully saturated rings. The van der Waals surface area contributed by atoms with Crippen LogP contribution in [-0.4, -0.2) is 23.7 Å². The Labute approximate surface area is 97.0 Å². The third kappa shape index (κ3) is 3.07. The lowest BCUT2D eigenvalue weighted by Gasteiger charge is -2.10. The molecule has 1 atom stereocenters. The van der Waals surface area contributed by atoms with Gasteiger partial charge in [0.15, 0.2) is 0 Å². The Morgan fingerprint density at radius 2 is 2.20 bits per heavy atom. The lowest BCUT2D eigenvalue weighted by Crippen LogP contribution is -2.34. The van der Waals surface area contributed by atoms with Crippen LogP contribution in [0.25, 0.3) is 0 Å². The number of carbonyl (C=O) groups is 1. The second-order valence-corrected chi connectivity index (χ2v) is 3.63. The van der Waals surface area contributed by atoms with Gasteiger partial charge in [-0.05, 0) is 12.1 Å². The molecule has 0 saturated carbocycles. The third-order valence-corrected chi connectivity index (χ3v) is 2.55. The van der Waals surface area contributed by atoms with Gasteiger partial charge in [0.1, 0.15) is 6.10 Å². The first-order valence-corrected chi connectivity index (χ1v) is 4.95. The lowest BCUT2D eigenvalue weighted by atomic mass is 10.3. The van der Waals surface area contributed by atoms with Crippen molar-refractivity contribution in [1.82, 2.24) is 0 Å². The molecule has 0 aliphatic heterocycles. The van der Waals surface area contributed by atoms with Gasteiger partial charge in [-0.1, -0.05) is 29.3 Å². The van der Waals surface area contributed by atoms with Gasteiger partial charge in [0.2, 0.25) is 0 Å². The molecule has 0 aliphatic rings. The van der Waals surface area contributed by atoms with Gasteiger partial charge < -0.3 is 16.2 Å².